The van der Waals surface area contributed by atoms with E-state index in [0.717, 1.165) is 21.1 Å². The molecule has 0 atom stereocenters. The number of aromatic nitrogens is 4. The van der Waals surface area contributed by atoms with Crippen LogP contribution in [0.5, 0.6) is 0 Å². The van der Waals surface area contributed by atoms with Crippen molar-refractivity contribution in [2.75, 3.05) is 0 Å². The molecule has 2 N–H and O–H groups in total. The SMILES string of the molecule is FC(F)(F)Cn1ccc(CNCc2cccc3[nH]ncc23)n1. The number of halogens is 3. The number of nitrogens with zero attached hydrogens (tertiary/aromatic N) is 3. The molecule has 3 rings (SSSR count). The average Bonchev–Trinajstić information content (AvgIpc) is 3.06. The van der Waals surface area contributed by atoms with Crippen LogP contribution >= 0.6 is 0 Å². The highest BCUT2D eigenvalue weighted by atomic mass is 19.4. The van der Waals surface area contributed by atoms with Crippen molar-refractivity contribution in [3.63, 3.8) is 0 Å². The molecular formula is C14H14F3N5. The zero-order chi connectivity index (χ0) is 15.6. The number of hydrogen-bond donors (Lipinski definition) is 2. The Hall–Kier alpha value is -2.35. The summed E-state index contributed by atoms with van der Waals surface area (Å²) >= 11 is 0. The Balaban J connectivity index is 1.58. The van der Waals surface area contributed by atoms with E-state index in [4.69, 9.17) is 0 Å². The van der Waals surface area contributed by atoms with Crippen molar-refractivity contribution in [1.29, 1.82) is 0 Å². The zero-order valence-corrected chi connectivity index (χ0v) is 11.6. The Kier molecular flexibility index (Phi) is 3.84. The predicted molar refractivity (Wildman–Crippen MR) is 74.9 cm³/mol. The lowest BCUT2D eigenvalue weighted by Crippen LogP contribution is -2.19. The maximum Gasteiger partial charge on any atom is 0.408 e. The first-order valence-corrected chi connectivity index (χ1v) is 6.72. The molecule has 0 spiro atoms. The second-order valence-corrected chi connectivity index (χ2v) is 4.97. The van der Waals surface area contributed by atoms with Gasteiger partial charge in [-0.3, -0.25) is 9.78 Å². The third-order valence-electron chi connectivity index (χ3n) is 3.23. The lowest BCUT2D eigenvalue weighted by Gasteiger charge is -2.06. The Morgan fingerprint density at radius 2 is 2.05 bits per heavy atom. The lowest BCUT2D eigenvalue weighted by molar-refractivity contribution is -0.142. The van der Waals surface area contributed by atoms with Gasteiger partial charge in [0.05, 0.1) is 17.4 Å². The standard InChI is InChI=1S/C14H14F3N5/c15-14(16,17)9-22-5-4-11(21-22)7-18-6-10-2-1-3-13-12(10)8-19-20-13/h1-5,8,18H,6-7,9H2,(H,19,20). The van der Waals surface area contributed by atoms with E-state index in [2.05, 4.69) is 20.6 Å². The average molecular weight is 309 g/mol. The third kappa shape index (κ3) is 3.45. The summed E-state index contributed by atoms with van der Waals surface area (Å²) in [6.45, 7) is -0.0799. The Morgan fingerprint density at radius 1 is 1.18 bits per heavy atom. The smallest absolute Gasteiger partial charge is 0.307 e. The summed E-state index contributed by atoms with van der Waals surface area (Å²) in [5.74, 6) is 0. The molecule has 5 nitrogen and oxygen atoms in total. The highest BCUT2D eigenvalue weighted by Gasteiger charge is 2.28. The van der Waals surface area contributed by atoms with Gasteiger partial charge in [-0.15, -0.1) is 0 Å². The summed E-state index contributed by atoms with van der Waals surface area (Å²) in [4.78, 5) is 0. The minimum atomic E-state index is -4.26. The minimum Gasteiger partial charge on any atom is -0.307 e. The van der Waals surface area contributed by atoms with Gasteiger partial charge in [-0.2, -0.15) is 23.4 Å². The molecule has 116 valence electrons. The first-order chi connectivity index (χ1) is 10.5. The molecule has 2 aromatic heterocycles. The zero-order valence-electron chi connectivity index (χ0n) is 11.6. The summed E-state index contributed by atoms with van der Waals surface area (Å²) in [5.41, 5.74) is 2.60. The van der Waals surface area contributed by atoms with Crippen molar-refractivity contribution in [3.05, 3.63) is 47.9 Å². The second-order valence-electron chi connectivity index (χ2n) is 4.97. The summed E-state index contributed by atoms with van der Waals surface area (Å²) in [5, 5.41) is 15.0. The number of aromatic amines is 1. The fourth-order valence-electron chi connectivity index (χ4n) is 2.28. The highest BCUT2D eigenvalue weighted by Crippen LogP contribution is 2.17. The first-order valence-electron chi connectivity index (χ1n) is 6.72. The fourth-order valence-corrected chi connectivity index (χ4v) is 2.28. The van der Waals surface area contributed by atoms with Crippen LogP contribution in [0.3, 0.4) is 0 Å². The molecule has 0 fully saturated rings. The number of H-pyrrole nitrogens is 1. The van der Waals surface area contributed by atoms with E-state index in [-0.39, 0.29) is 0 Å². The summed E-state index contributed by atoms with van der Waals surface area (Å²) in [6, 6.07) is 7.42. The normalized spacial score (nSPS) is 12.1. The van der Waals surface area contributed by atoms with E-state index in [1.54, 1.807) is 12.3 Å². The van der Waals surface area contributed by atoms with Gasteiger partial charge < -0.3 is 5.32 Å². The Labute approximate surface area is 124 Å². The molecule has 3 aromatic rings. The van der Waals surface area contributed by atoms with Crippen LogP contribution in [0.15, 0.2) is 36.7 Å². The topological polar surface area (TPSA) is 58.5 Å². The van der Waals surface area contributed by atoms with Crippen molar-refractivity contribution in [3.8, 4) is 0 Å². The van der Waals surface area contributed by atoms with Crippen LogP contribution in [-0.4, -0.2) is 26.2 Å². The van der Waals surface area contributed by atoms with Crippen LogP contribution < -0.4 is 5.32 Å². The molecule has 0 radical (unpaired) electrons. The second kappa shape index (κ2) is 5.80. The lowest BCUT2D eigenvalue weighted by atomic mass is 10.1. The fraction of sp³-hybridized carbons (Fsp3) is 0.286. The van der Waals surface area contributed by atoms with Gasteiger partial charge in [0.2, 0.25) is 0 Å². The van der Waals surface area contributed by atoms with Crippen LogP contribution in [-0.2, 0) is 19.6 Å². The van der Waals surface area contributed by atoms with Gasteiger partial charge in [-0.1, -0.05) is 12.1 Å². The molecule has 0 saturated heterocycles. The Bertz CT molecular complexity index is 759. The van der Waals surface area contributed by atoms with E-state index in [1.165, 1.54) is 6.20 Å². The largest absolute Gasteiger partial charge is 0.408 e. The third-order valence-corrected chi connectivity index (χ3v) is 3.23. The monoisotopic (exact) mass is 309 g/mol. The number of benzene rings is 1. The molecule has 0 aliphatic heterocycles. The van der Waals surface area contributed by atoms with Crippen molar-refractivity contribution in [2.45, 2.75) is 25.8 Å². The number of fused-ring (bicyclic) bond motifs is 1. The van der Waals surface area contributed by atoms with E-state index in [9.17, 15) is 13.2 Å². The maximum atomic E-state index is 12.3. The van der Waals surface area contributed by atoms with E-state index >= 15 is 0 Å². The molecule has 22 heavy (non-hydrogen) atoms. The molecule has 0 aliphatic carbocycles. The van der Waals surface area contributed by atoms with Crippen molar-refractivity contribution in [1.82, 2.24) is 25.3 Å². The first kappa shape index (κ1) is 14.6. The van der Waals surface area contributed by atoms with Gasteiger partial charge in [-0.25, -0.2) is 0 Å². The summed E-state index contributed by atoms with van der Waals surface area (Å²) in [7, 11) is 0. The molecule has 8 heteroatoms. The van der Waals surface area contributed by atoms with E-state index in [1.807, 2.05) is 18.2 Å². The minimum absolute atomic E-state index is 0.402. The van der Waals surface area contributed by atoms with E-state index < -0.39 is 12.7 Å². The number of rotatable bonds is 5. The van der Waals surface area contributed by atoms with Gasteiger partial charge in [0.25, 0.3) is 0 Å². The van der Waals surface area contributed by atoms with Crippen LogP contribution in [0.4, 0.5) is 13.2 Å². The van der Waals surface area contributed by atoms with E-state index in [0.29, 0.717) is 18.8 Å². The number of nitrogens with one attached hydrogen (secondary N) is 2. The number of hydrogen-bond acceptors (Lipinski definition) is 3. The molecule has 0 aliphatic rings. The summed E-state index contributed by atoms with van der Waals surface area (Å²) < 4.78 is 37.7. The van der Waals surface area contributed by atoms with Gasteiger partial charge in [-0.05, 0) is 17.7 Å². The molecule has 0 saturated carbocycles. The van der Waals surface area contributed by atoms with Gasteiger partial charge in [0, 0.05) is 24.7 Å². The summed E-state index contributed by atoms with van der Waals surface area (Å²) in [6.07, 6.45) is -1.17. The van der Waals surface area contributed by atoms with Crippen molar-refractivity contribution >= 4 is 10.9 Å². The quantitative estimate of drug-likeness (QED) is 0.761. The molecule has 0 unspecified atom stereocenters. The van der Waals surface area contributed by atoms with Gasteiger partial charge in [0.1, 0.15) is 6.54 Å². The van der Waals surface area contributed by atoms with Crippen LogP contribution in [0.1, 0.15) is 11.3 Å². The van der Waals surface area contributed by atoms with Crippen molar-refractivity contribution < 1.29 is 13.2 Å². The molecule has 1 aromatic carbocycles. The molecule has 0 amide bonds. The van der Waals surface area contributed by atoms with Crippen LogP contribution in [0.25, 0.3) is 10.9 Å². The molecular weight excluding hydrogens is 295 g/mol. The maximum absolute atomic E-state index is 12.3. The number of alkyl halides is 3. The molecule has 0 bridgehead atoms. The van der Waals surface area contributed by atoms with Crippen molar-refractivity contribution in [2.24, 2.45) is 0 Å². The highest BCUT2D eigenvalue weighted by molar-refractivity contribution is 5.81. The predicted octanol–water partition coefficient (Wildman–Crippen LogP) is 2.61. The van der Waals surface area contributed by atoms with Gasteiger partial charge in [0.15, 0.2) is 0 Å². The van der Waals surface area contributed by atoms with Gasteiger partial charge >= 0.3 is 6.18 Å². The van der Waals surface area contributed by atoms with Crippen LogP contribution in [0.2, 0.25) is 0 Å². The Morgan fingerprint density at radius 3 is 2.86 bits per heavy atom. The molecule has 2 heterocycles. The van der Waals surface area contributed by atoms with Crippen LogP contribution in [0, 0.1) is 0 Å².